The molecule has 1 rings (SSSR count). The molecule has 1 saturated heterocycles. The summed E-state index contributed by atoms with van der Waals surface area (Å²) in [4.78, 5) is 14.8. The minimum Gasteiger partial charge on any atom is -0.412 e. The lowest BCUT2D eigenvalue weighted by molar-refractivity contribution is -0.188. The van der Waals surface area contributed by atoms with E-state index in [1.54, 1.807) is 0 Å². The number of alkyl halides is 3. The molecule has 0 bridgehead atoms. The molecule has 1 heterocycles. The Bertz CT molecular complexity index is 498. The number of nitrogens with zero attached hydrogens (tertiary/aromatic N) is 4. The molecule has 0 aromatic rings. The third-order valence-electron chi connectivity index (χ3n) is 4.40. The van der Waals surface area contributed by atoms with E-state index in [1.807, 2.05) is 33.9 Å². The molecule has 6 nitrogen and oxygen atoms in total. The van der Waals surface area contributed by atoms with Crippen molar-refractivity contribution in [3.63, 3.8) is 0 Å². The first-order valence-corrected chi connectivity index (χ1v) is 10.3. The van der Waals surface area contributed by atoms with E-state index in [9.17, 15) is 18.0 Å². The Kier molecular flexibility index (Phi) is 5.77. The molecule has 0 aliphatic carbocycles. The normalized spacial score (nSPS) is 23.4. The number of halogens is 3. The second-order valence-electron chi connectivity index (χ2n) is 7.30. The number of carbonyl (C=O) groups excluding carboxylic acids is 1. The van der Waals surface area contributed by atoms with Crippen LogP contribution in [-0.4, -0.2) is 50.5 Å². The number of hydrogen-bond acceptors (Lipinski definition) is 3. The lowest BCUT2D eigenvalue weighted by atomic mass is 10.0. The van der Waals surface area contributed by atoms with E-state index in [0.717, 1.165) is 0 Å². The zero-order chi connectivity index (χ0) is 18.1. The summed E-state index contributed by atoms with van der Waals surface area (Å²) in [6.45, 7) is 9.66. The molecule has 1 fully saturated rings. The number of azide groups is 1. The molecular formula is C13H23F3N4O2Si. The first-order valence-electron chi connectivity index (χ1n) is 7.36. The molecule has 0 aromatic heterocycles. The first-order chi connectivity index (χ1) is 10.3. The van der Waals surface area contributed by atoms with Gasteiger partial charge in [0.25, 0.3) is 0 Å². The Morgan fingerprint density at radius 3 is 2.30 bits per heavy atom. The number of amides is 1. The Morgan fingerprint density at radius 1 is 1.30 bits per heavy atom. The third-order valence-corrected chi connectivity index (χ3v) is 8.94. The van der Waals surface area contributed by atoms with Gasteiger partial charge in [-0.3, -0.25) is 4.79 Å². The van der Waals surface area contributed by atoms with Gasteiger partial charge in [0.05, 0.1) is 12.1 Å². The molecule has 0 aromatic carbocycles. The largest absolute Gasteiger partial charge is 0.471 e. The van der Waals surface area contributed by atoms with Crippen LogP contribution in [0.4, 0.5) is 13.2 Å². The zero-order valence-corrected chi connectivity index (χ0v) is 15.0. The van der Waals surface area contributed by atoms with Gasteiger partial charge in [-0.1, -0.05) is 25.9 Å². The Balaban J connectivity index is 2.96. The van der Waals surface area contributed by atoms with Crippen LogP contribution in [0.1, 0.15) is 27.2 Å². The summed E-state index contributed by atoms with van der Waals surface area (Å²) in [7, 11) is -2.21. The predicted octanol–water partition coefficient (Wildman–Crippen LogP) is 3.85. The highest BCUT2D eigenvalue weighted by Gasteiger charge is 2.46. The maximum Gasteiger partial charge on any atom is 0.471 e. The van der Waals surface area contributed by atoms with Gasteiger partial charge in [0.1, 0.15) is 0 Å². The number of hydrogen-bond donors (Lipinski definition) is 0. The Labute approximate surface area is 134 Å². The summed E-state index contributed by atoms with van der Waals surface area (Å²) < 4.78 is 44.1. The second kappa shape index (κ2) is 6.70. The number of piperidine rings is 1. The van der Waals surface area contributed by atoms with E-state index < -0.39 is 32.5 Å². The van der Waals surface area contributed by atoms with Crippen LogP contribution in [0.25, 0.3) is 10.4 Å². The van der Waals surface area contributed by atoms with E-state index in [-0.39, 0.29) is 18.1 Å². The molecule has 1 aliphatic heterocycles. The molecule has 1 amide bonds. The summed E-state index contributed by atoms with van der Waals surface area (Å²) in [6, 6.07) is -0.713. The van der Waals surface area contributed by atoms with Gasteiger partial charge in [-0.15, -0.1) is 0 Å². The van der Waals surface area contributed by atoms with E-state index in [0.29, 0.717) is 11.3 Å². The highest BCUT2D eigenvalue weighted by molar-refractivity contribution is 6.74. The molecule has 2 atom stereocenters. The average molecular weight is 352 g/mol. The molecule has 0 unspecified atom stereocenters. The smallest absolute Gasteiger partial charge is 0.412 e. The van der Waals surface area contributed by atoms with Crippen molar-refractivity contribution in [3.05, 3.63) is 10.4 Å². The summed E-state index contributed by atoms with van der Waals surface area (Å²) in [5.41, 5.74) is 8.55. The van der Waals surface area contributed by atoms with Crippen molar-refractivity contribution in [1.29, 1.82) is 0 Å². The topological polar surface area (TPSA) is 78.3 Å². The van der Waals surface area contributed by atoms with E-state index >= 15 is 0 Å². The molecule has 132 valence electrons. The maximum atomic E-state index is 12.7. The van der Waals surface area contributed by atoms with Gasteiger partial charge in [-0.05, 0) is 30.1 Å². The maximum absolute atomic E-state index is 12.7. The second-order valence-corrected chi connectivity index (χ2v) is 12.1. The highest BCUT2D eigenvalue weighted by Crippen LogP contribution is 2.38. The minimum atomic E-state index is -4.94. The predicted molar refractivity (Wildman–Crippen MR) is 82.3 cm³/mol. The molecule has 0 spiro atoms. The van der Waals surface area contributed by atoms with Crippen molar-refractivity contribution in [2.75, 3.05) is 13.1 Å². The van der Waals surface area contributed by atoms with Crippen LogP contribution in [0.2, 0.25) is 18.1 Å². The van der Waals surface area contributed by atoms with Crippen LogP contribution in [0, 0.1) is 0 Å². The minimum absolute atomic E-state index is 0.114. The van der Waals surface area contributed by atoms with Crippen molar-refractivity contribution >= 4 is 14.2 Å². The summed E-state index contributed by atoms with van der Waals surface area (Å²) >= 11 is 0. The lowest BCUT2D eigenvalue weighted by Crippen LogP contribution is -2.55. The fraction of sp³-hybridized carbons (Fsp3) is 0.923. The number of carbonyl (C=O) groups is 1. The summed E-state index contributed by atoms with van der Waals surface area (Å²) in [5.74, 6) is -1.92. The van der Waals surface area contributed by atoms with Gasteiger partial charge < -0.3 is 9.33 Å². The fourth-order valence-corrected chi connectivity index (χ4v) is 3.57. The quantitative estimate of drug-likeness (QED) is 0.335. The molecule has 0 saturated carbocycles. The number of rotatable bonds is 3. The van der Waals surface area contributed by atoms with E-state index in [4.69, 9.17) is 9.96 Å². The molecule has 10 heteroatoms. The fourth-order valence-electron chi connectivity index (χ4n) is 2.21. The molecule has 23 heavy (non-hydrogen) atoms. The lowest BCUT2D eigenvalue weighted by Gasteiger charge is -2.43. The van der Waals surface area contributed by atoms with Crippen LogP contribution >= 0.6 is 0 Å². The van der Waals surface area contributed by atoms with Gasteiger partial charge >= 0.3 is 12.1 Å². The Morgan fingerprint density at radius 2 is 1.87 bits per heavy atom. The van der Waals surface area contributed by atoms with Crippen molar-refractivity contribution in [1.82, 2.24) is 4.90 Å². The molecular weight excluding hydrogens is 329 g/mol. The van der Waals surface area contributed by atoms with Gasteiger partial charge in [-0.25, -0.2) is 0 Å². The Hall–Kier alpha value is -1.25. The van der Waals surface area contributed by atoms with Gasteiger partial charge in [0.15, 0.2) is 8.32 Å². The van der Waals surface area contributed by atoms with E-state index in [2.05, 4.69) is 10.0 Å². The van der Waals surface area contributed by atoms with Crippen molar-refractivity contribution < 1.29 is 22.4 Å². The summed E-state index contributed by atoms with van der Waals surface area (Å²) in [5, 5.41) is 3.38. The van der Waals surface area contributed by atoms with Crippen LogP contribution in [0.15, 0.2) is 5.11 Å². The molecule has 0 N–H and O–H groups in total. The van der Waals surface area contributed by atoms with Crippen LogP contribution in [0.3, 0.4) is 0 Å². The molecule has 1 aliphatic rings. The van der Waals surface area contributed by atoms with Crippen LogP contribution in [-0.2, 0) is 9.22 Å². The molecule has 0 radical (unpaired) electrons. The van der Waals surface area contributed by atoms with Crippen LogP contribution < -0.4 is 0 Å². The summed E-state index contributed by atoms with van der Waals surface area (Å²) in [6.07, 6.45) is -5.19. The SMILES string of the molecule is CC(C)(C)[Si](C)(C)O[C@H]1C[C@H](N=[N+]=[N-])CN(C(=O)C(F)(F)F)C1. The first kappa shape index (κ1) is 19.8. The van der Waals surface area contributed by atoms with Gasteiger partial charge in [-0.2, -0.15) is 13.2 Å². The monoisotopic (exact) mass is 352 g/mol. The van der Waals surface area contributed by atoms with Crippen molar-refractivity contribution in [2.45, 2.75) is 63.6 Å². The van der Waals surface area contributed by atoms with Crippen LogP contribution in [0.5, 0.6) is 0 Å². The van der Waals surface area contributed by atoms with E-state index in [1.165, 1.54) is 0 Å². The van der Waals surface area contributed by atoms with Crippen molar-refractivity contribution in [2.24, 2.45) is 5.11 Å². The number of likely N-dealkylation sites (tertiary alicyclic amines) is 1. The highest BCUT2D eigenvalue weighted by atomic mass is 28.4. The third kappa shape index (κ3) is 5.12. The average Bonchev–Trinajstić information content (AvgIpc) is 2.34. The zero-order valence-electron chi connectivity index (χ0n) is 14.0. The standard InChI is InChI=1S/C13H23F3N4O2Si/c1-12(2,3)23(4,5)22-10-6-9(18-19-17)7-20(8-10)11(21)13(14,15)16/h9-10H,6-8H2,1-5H3/t9-,10-/m0/s1. The van der Waals surface area contributed by atoms with Gasteiger partial charge in [0.2, 0.25) is 0 Å². The van der Waals surface area contributed by atoms with Gasteiger partial charge in [0, 0.05) is 18.0 Å². The van der Waals surface area contributed by atoms with Crippen molar-refractivity contribution in [3.8, 4) is 0 Å².